The van der Waals surface area contributed by atoms with Crippen LogP contribution in [0.15, 0.2) is 48.5 Å². The van der Waals surface area contributed by atoms with Gasteiger partial charge >= 0.3 is 0 Å². The largest absolute Gasteiger partial charge is 0.299 e. The molecule has 2 aromatic rings. The maximum Gasteiger partial charge on any atom is 0.238 e. The summed E-state index contributed by atoms with van der Waals surface area (Å²) in [6, 6.07) is 15.2. The maximum atomic E-state index is 13.1. The summed E-state index contributed by atoms with van der Waals surface area (Å²) in [5.74, 6) is -1.89. The minimum atomic E-state index is -0.546. The van der Waals surface area contributed by atoms with E-state index in [1.54, 1.807) is 12.1 Å². The number of nitrogens with zero attached hydrogens (tertiary/aromatic N) is 1. The van der Waals surface area contributed by atoms with Crippen LogP contribution in [-0.4, -0.2) is 17.6 Å². The Bertz CT molecular complexity index is 930. The van der Waals surface area contributed by atoms with Crippen molar-refractivity contribution in [2.75, 3.05) is 4.90 Å². The summed E-state index contributed by atoms with van der Waals surface area (Å²) in [4.78, 5) is 40.2. The zero-order valence-corrected chi connectivity index (χ0v) is 13.8. The van der Waals surface area contributed by atoms with E-state index in [0.717, 1.165) is 16.7 Å². The molecule has 4 heteroatoms. The first-order chi connectivity index (χ1) is 12.1. The number of carbonyl (C=O) groups excluding carboxylic acids is 3. The zero-order chi connectivity index (χ0) is 17.3. The van der Waals surface area contributed by atoms with Crippen LogP contribution in [0, 0.1) is 18.8 Å². The molecule has 6 rings (SSSR count). The molecule has 1 heterocycles. The van der Waals surface area contributed by atoms with E-state index in [2.05, 4.69) is 0 Å². The van der Waals surface area contributed by atoms with Crippen molar-refractivity contribution in [1.29, 1.82) is 0 Å². The minimum Gasteiger partial charge on any atom is -0.299 e. The van der Waals surface area contributed by atoms with E-state index in [1.165, 1.54) is 4.90 Å². The van der Waals surface area contributed by atoms with Crippen LogP contribution in [-0.2, 0) is 14.4 Å². The van der Waals surface area contributed by atoms with Crippen LogP contribution in [0.3, 0.4) is 0 Å². The Labute approximate surface area is 145 Å². The van der Waals surface area contributed by atoms with Crippen LogP contribution in [0.5, 0.6) is 0 Å². The molecule has 2 bridgehead atoms. The molecule has 0 unspecified atom stereocenters. The van der Waals surface area contributed by atoms with Gasteiger partial charge in [0.25, 0.3) is 0 Å². The van der Waals surface area contributed by atoms with Crippen molar-refractivity contribution >= 4 is 23.3 Å². The van der Waals surface area contributed by atoms with Gasteiger partial charge in [-0.05, 0) is 30.2 Å². The second-order valence-electron chi connectivity index (χ2n) is 7.28. The second kappa shape index (κ2) is 4.88. The molecule has 2 fully saturated rings. The van der Waals surface area contributed by atoms with Gasteiger partial charge in [0.1, 0.15) is 5.78 Å². The fraction of sp³-hybridized carbons (Fsp3) is 0.286. The Morgan fingerprint density at radius 3 is 2.20 bits per heavy atom. The number of fused-ring (bicyclic) bond motifs is 1. The summed E-state index contributed by atoms with van der Waals surface area (Å²) in [5.41, 5.74) is 3.69. The highest BCUT2D eigenvalue weighted by molar-refractivity contribution is 6.24. The minimum absolute atomic E-state index is 0.0943. The van der Waals surface area contributed by atoms with Crippen LogP contribution >= 0.6 is 0 Å². The summed E-state index contributed by atoms with van der Waals surface area (Å²) in [6.45, 7) is 1.96. The van der Waals surface area contributed by atoms with E-state index in [1.807, 2.05) is 43.3 Å². The van der Waals surface area contributed by atoms with Crippen LogP contribution in [0.2, 0.25) is 0 Å². The Morgan fingerprint density at radius 1 is 0.840 bits per heavy atom. The lowest BCUT2D eigenvalue weighted by atomic mass is 9.56. The zero-order valence-electron chi connectivity index (χ0n) is 13.8. The second-order valence-corrected chi connectivity index (χ2v) is 7.28. The maximum absolute atomic E-state index is 13.1. The van der Waals surface area contributed by atoms with Crippen LogP contribution in [0.4, 0.5) is 5.69 Å². The van der Waals surface area contributed by atoms with Gasteiger partial charge in [0.05, 0.1) is 23.4 Å². The predicted octanol–water partition coefficient (Wildman–Crippen LogP) is 2.95. The van der Waals surface area contributed by atoms with Crippen LogP contribution in [0.1, 0.15) is 34.9 Å². The lowest BCUT2D eigenvalue weighted by Crippen LogP contribution is -2.44. The Hall–Kier alpha value is -2.75. The van der Waals surface area contributed by atoms with Crippen molar-refractivity contribution in [3.05, 3.63) is 65.2 Å². The summed E-state index contributed by atoms with van der Waals surface area (Å²) in [5, 5.41) is 0. The number of ketones is 1. The molecule has 1 saturated carbocycles. The van der Waals surface area contributed by atoms with E-state index in [-0.39, 0.29) is 23.5 Å². The molecule has 4 atom stereocenters. The van der Waals surface area contributed by atoms with E-state index < -0.39 is 17.8 Å². The Kier molecular flexibility index (Phi) is 2.85. The summed E-state index contributed by atoms with van der Waals surface area (Å²) in [6.07, 6.45) is 0.365. The molecule has 2 amide bonds. The lowest BCUT2D eigenvalue weighted by molar-refractivity contribution is -0.134. The van der Waals surface area contributed by atoms with E-state index >= 15 is 0 Å². The third-order valence-corrected chi connectivity index (χ3v) is 5.98. The first-order valence-electron chi connectivity index (χ1n) is 8.64. The Balaban J connectivity index is 1.65. The first kappa shape index (κ1) is 14.6. The Morgan fingerprint density at radius 2 is 1.48 bits per heavy atom. The molecular formula is C21H17NO3. The third-order valence-electron chi connectivity index (χ3n) is 5.98. The van der Waals surface area contributed by atoms with Gasteiger partial charge in [-0.1, -0.05) is 42.0 Å². The molecule has 0 spiro atoms. The molecular weight excluding hydrogens is 314 g/mol. The van der Waals surface area contributed by atoms with Gasteiger partial charge in [0.2, 0.25) is 11.8 Å². The molecule has 2 aromatic carbocycles. The highest BCUT2D eigenvalue weighted by Gasteiger charge is 2.62. The number of imide groups is 1. The molecule has 25 heavy (non-hydrogen) atoms. The normalized spacial score (nSPS) is 29.8. The summed E-state index contributed by atoms with van der Waals surface area (Å²) in [7, 11) is 0. The highest BCUT2D eigenvalue weighted by atomic mass is 16.2. The van der Waals surface area contributed by atoms with Gasteiger partial charge in [-0.15, -0.1) is 0 Å². The lowest BCUT2D eigenvalue weighted by Gasteiger charge is -2.43. The monoisotopic (exact) mass is 331 g/mol. The number of anilines is 1. The fourth-order valence-corrected chi connectivity index (χ4v) is 4.91. The topological polar surface area (TPSA) is 54.5 Å². The molecule has 3 aliphatic carbocycles. The number of carbonyl (C=O) groups is 3. The van der Waals surface area contributed by atoms with Gasteiger partial charge in [-0.25, -0.2) is 0 Å². The van der Waals surface area contributed by atoms with Crippen molar-refractivity contribution in [3.8, 4) is 0 Å². The summed E-state index contributed by atoms with van der Waals surface area (Å²) >= 11 is 0. The van der Waals surface area contributed by atoms with Gasteiger partial charge in [-0.3, -0.25) is 19.3 Å². The first-order valence-corrected chi connectivity index (χ1v) is 8.64. The van der Waals surface area contributed by atoms with Gasteiger partial charge < -0.3 is 0 Å². The average Bonchev–Trinajstić information content (AvgIpc) is 2.88. The van der Waals surface area contributed by atoms with Crippen LogP contribution in [0.25, 0.3) is 0 Å². The molecule has 4 nitrogen and oxygen atoms in total. The molecule has 0 radical (unpaired) electrons. The quantitative estimate of drug-likeness (QED) is 0.755. The fourth-order valence-electron chi connectivity index (χ4n) is 4.91. The predicted molar refractivity (Wildman–Crippen MR) is 92.2 cm³/mol. The van der Waals surface area contributed by atoms with Crippen molar-refractivity contribution in [1.82, 2.24) is 0 Å². The van der Waals surface area contributed by atoms with Gasteiger partial charge in [0.15, 0.2) is 0 Å². The van der Waals surface area contributed by atoms with E-state index in [4.69, 9.17) is 0 Å². The number of hydrogen-bond donors (Lipinski definition) is 0. The SMILES string of the molecule is Cc1ccc(N2C(=O)[C@@H]3[C@H](C2=O)[C@H]2CC(=O)[C@H]3c3ccccc32)cc1. The van der Waals surface area contributed by atoms with Crippen molar-refractivity contribution in [2.45, 2.75) is 25.2 Å². The summed E-state index contributed by atoms with van der Waals surface area (Å²) < 4.78 is 0. The smallest absolute Gasteiger partial charge is 0.238 e. The number of hydrogen-bond acceptors (Lipinski definition) is 3. The number of benzene rings is 2. The number of aryl methyl sites for hydroxylation is 1. The van der Waals surface area contributed by atoms with E-state index in [0.29, 0.717) is 12.1 Å². The average molecular weight is 331 g/mol. The van der Waals surface area contributed by atoms with Crippen molar-refractivity contribution in [2.24, 2.45) is 11.8 Å². The number of Topliss-reactive ketones (excluding diaryl/α,β-unsaturated/α-hetero) is 1. The number of amides is 2. The van der Waals surface area contributed by atoms with Gasteiger partial charge in [-0.2, -0.15) is 0 Å². The molecule has 1 saturated heterocycles. The molecule has 0 aromatic heterocycles. The molecule has 124 valence electrons. The molecule has 4 aliphatic rings. The third kappa shape index (κ3) is 1.79. The van der Waals surface area contributed by atoms with Crippen molar-refractivity contribution in [3.63, 3.8) is 0 Å². The highest BCUT2D eigenvalue weighted by Crippen LogP contribution is 2.57. The van der Waals surface area contributed by atoms with Gasteiger partial charge in [0, 0.05) is 12.3 Å². The molecule has 1 aliphatic heterocycles. The van der Waals surface area contributed by atoms with Crippen LogP contribution < -0.4 is 4.90 Å². The molecule has 0 N–H and O–H groups in total. The standard InChI is InChI=1S/C21H17NO3/c1-11-6-8-12(9-7-11)22-20(24)18-15-10-16(23)17(19(18)21(22)25)14-5-3-2-4-13(14)15/h2-9,15,17-19H,10H2,1H3/t15-,17+,18+,19-/m0/s1. The van der Waals surface area contributed by atoms with Crippen molar-refractivity contribution < 1.29 is 14.4 Å². The number of rotatable bonds is 1. The van der Waals surface area contributed by atoms with E-state index in [9.17, 15) is 14.4 Å².